The van der Waals surface area contributed by atoms with Gasteiger partial charge in [0.2, 0.25) is 0 Å². The van der Waals surface area contributed by atoms with E-state index >= 15 is 0 Å². The molecule has 0 bridgehead atoms. The number of rotatable bonds is 33. The number of fused-ring (bicyclic) bond motifs is 1. The standard InChI is InChI=1S/C41H71NO4/c1-3-5-7-9-11-13-15-17-18-20-22-24-26-30-34-46-37(35-42-40(43)38-31-27-28-32-39(38)41(42)44)36-45-33-29-25-23-21-19-16-14-12-10-8-6-4-2/h27-28,31-32,37H,3-26,29-30,33-36H2,1-2H3. The third-order valence-electron chi connectivity index (χ3n) is 9.56. The van der Waals surface area contributed by atoms with Gasteiger partial charge in [-0.2, -0.15) is 0 Å². The zero-order chi connectivity index (χ0) is 32.9. The Hall–Kier alpha value is -1.72. The Morgan fingerprint density at radius 1 is 0.500 bits per heavy atom. The molecule has 0 radical (unpaired) electrons. The summed E-state index contributed by atoms with van der Waals surface area (Å²) in [6, 6.07) is 7.11. The molecule has 0 saturated heterocycles. The second-order valence-electron chi connectivity index (χ2n) is 13.8. The van der Waals surface area contributed by atoms with Crippen LogP contribution in [0.25, 0.3) is 0 Å². The maximum atomic E-state index is 13.0. The van der Waals surface area contributed by atoms with E-state index in [2.05, 4.69) is 13.8 Å². The maximum absolute atomic E-state index is 13.0. The quantitative estimate of drug-likeness (QED) is 0.0566. The van der Waals surface area contributed by atoms with Crippen molar-refractivity contribution in [3.63, 3.8) is 0 Å². The van der Waals surface area contributed by atoms with Crippen LogP contribution in [0, 0.1) is 0 Å². The van der Waals surface area contributed by atoms with Crippen LogP contribution in [-0.4, -0.2) is 49.2 Å². The van der Waals surface area contributed by atoms with Crippen molar-refractivity contribution in [2.24, 2.45) is 0 Å². The van der Waals surface area contributed by atoms with Crippen LogP contribution in [0.2, 0.25) is 0 Å². The summed E-state index contributed by atoms with van der Waals surface area (Å²) in [5.41, 5.74) is 0.992. The Labute approximate surface area is 284 Å². The number of imide groups is 1. The number of benzene rings is 1. The van der Waals surface area contributed by atoms with Crippen molar-refractivity contribution in [1.29, 1.82) is 0 Å². The first-order valence-corrected chi connectivity index (χ1v) is 19.8. The van der Waals surface area contributed by atoms with Gasteiger partial charge in [-0.05, 0) is 25.0 Å². The molecule has 1 aromatic carbocycles. The molecule has 5 heteroatoms. The second-order valence-corrected chi connectivity index (χ2v) is 13.8. The predicted octanol–water partition coefficient (Wildman–Crippen LogP) is 11.9. The molecule has 1 heterocycles. The van der Waals surface area contributed by atoms with E-state index in [0.717, 1.165) is 19.3 Å². The lowest BCUT2D eigenvalue weighted by Crippen LogP contribution is -2.40. The van der Waals surface area contributed by atoms with Gasteiger partial charge in [-0.3, -0.25) is 14.5 Å². The lowest BCUT2D eigenvalue weighted by atomic mass is 10.0. The van der Waals surface area contributed by atoms with Crippen molar-refractivity contribution in [1.82, 2.24) is 4.90 Å². The maximum Gasteiger partial charge on any atom is 0.261 e. The summed E-state index contributed by atoms with van der Waals surface area (Å²) >= 11 is 0. The number of hydrogen-bond donors (Lipinski definition) is 0. The van der Waals surface area contributed by atoms with Crippen molar-refractivity contribution >= 4 is 11.8 Å². The van der Waals surface area contributed by atoms with Crippen LogP contribution in [0.4, 0.5) is 0 Å². The molecule has 1 aliphatic rings. The summed E-state index contributed by atoms with van der Waals surface area (Å²) in [6.07, 6.45) is 34.2. The first-order chi connectivity index (χ1) is 22.7. The Kier molecular flexibility index (Phi) is 24.9. The average molecular weight is 642 g/mol. The minimum atomic E-state index is -0.290. The van der Waals surface area contributed by atoms with Gasteiger partial charge < -0.3 is 9.47 Å². The van der Waals surface area contributed by atoms with Gasteiger partial charge in [0.25, 0.3) is 11.8 Å². The largest absolute Gasteiger partial charge is 0.379 e. The molecule has 46 heavy (non-hydrogen) atoms. The fourth-order valence-corrected chi connectivity index (χ4v) is 6.57. The Morgan fingerprint density at radius 3 is 1.24 bits per heavy atom. The Bertz CT molecular complexity index is 852. The summed E-state index contributed by atoms with van der Waals surface area (Å²) in [5.74, 6) is -0.432. The van der Waals surface area contributed by atoms with E-state index in [4.69, 9.17) is 9.47 Å². The van der Waals surface area contributed by atoms with Gasteiger partial charge >= 0.3 is 0 Å². The fraction of sp³-hybridized carbons (Fsp3) is 0.805. The summed E-state index contributed by atoms with van der Waals surface area (Å²) in [7, 11) is 0. The predicted molar refractivity (Wildman–Crippen MR) is 194 cm³/mol. The zero-order valence-corrected chi connectivity index (χ0v) is 30.2. The smallest absolute Gasteiger partial charge is 0.261 e. The van der Waals surface area contributed by atoms with Crippen LogP contribution >= 0.6 is 0 Å². The van der Waals surface area contributed by atoms with Crippen LogP contribution in [0.5, 0.6) is 0 Å². The number of ether oxygens (including phenoxy) is 2. The average Bonchev–Trinajstić information content (AvgIpc) is 3.31. The molecule has 264 valence electrons. The monoisotopic (exact) mass is 642 g/mol. The number of carbonyl (C=O) groups is 2. The minimum Gasteiger partial charge on any atom is -0.379 e. The molecule has 0 saturated carbocycles. The van der Waals surface area contributed by atoms with E-state index in [1.807, 2.05) is 12.1 Å². The molecule has 1 unspecified atom stereocenters. The molecule has 1 aromatic rings. The number of nitrogens with zero attached hydrogens (tertiary/aromatic N) is 1. The summed E-state index contributed by atoms with van der Waals surface area (Å²) in [4.78, 5) is 27.3. The van der Waals surface area contributed by atoms with Gasteiger partial charge in [0, 0.05) is 13.2 Å². The van der Waals surface area contributed by atoms with Crippen LogP contribution in [0.15, 0.2) is 24.3 Å². The summed E-state index contributed by atoms with van der Waals surface area (Å²) < 4.78 is 12.3. The number of unbranched alkanes of at least 4 members (excludes halogenated alkanes) is 24. The van der Waals surface area contributed by atoms with E-state index in [-0.39, 0.29) is 24.5 Å². The van der Waals surface area contributed by atoms with E-state index in [0.29, 0.717) is 30.9 Å². The molecular formula is C41H71NO4. The number of carbonyl (C=O) groups excluding carboxylic acids is 2. The van der Waals surface area contributed by atoms with Crippen LogP contribution < -0.4 is 0 Å². The third-order valence-corrected chi connectivity index (χ3v) is 9.56. The van der Waals surface area contributed by atoms with Crippen LogP contribution in [0.1, 0.15) is 202 Å². The van der Waals surface area contributed by atoms with Crippen LogP contribution in [-0.2, 0) is 9.47 Å². The van der Waals surface area contributed by atoms with Crippen molar-refractivity contribution in [2.75, 3.05) is 26.4 Å². The molecular weight excluding hydrogens is 570 g/mol. The lowest BCUT2D eigenvalue weighted by molar-refractivity contribution is -0.0286. The Morgan fingerprint density at radius 2 is 0.848 bits per heavy atom. The Balaban J connectivity index is 1.57. The molecule has 0 N–H and O–H groups in total. The van der Waals surface area contributed by atoms with Crippen molar-refractivity contribution in [3.8, 4) is 0 Å². The summed E-state index contributed by atoms with van der Waals surface area (Å²) in [5, 5.41) is 0. The molecule has 0 spiro atoms. The fourth-order valence-electron chi connectivity index (χ4n) is 6.57. The van der Waals surface area contributed by atoms with E-state index < -0.39 is 0 Å². The molecule has 0 aromatic heterocycles. The second kappa shape index (κ2) is 28.3. The van der Waals surface area contributed by atoms with Gasteiger partial charge in [0.05, 0.1) is 30.4 Å². The number of amides is 2. The van der Waals surface area contributed by atoms with Gasteiger partial charge in [-0.15, -0.1) is 0 Å². The highest BCUT2D eigenvalue weighted by Gasteiger charge is 2.36. The molecule has 2 amide bonds. The highest BCUT2D eigenvalue weighted by Crippen LogP contribution is 2.23. The molecule has 0 fully saturated rings. The van der Waals surface area contributed by atoms with Gasteiger partial charge in [-0.1, -0.05) is 180 Å². The van der Waals surface area contributed by atoms with Crippen molar-refractivity contribution in [2.45, 2.75) is 187 Å². The summed E-state index contributed by atoms with van der Waals surface area (Å²) in [6.45, 7) is 6.58. The molecule has 2 rings (SSSR count). The molecule has 1 aliphatic heterocycles. The van der Waals surface area contributed by atoms with Crippen molar-refractivity contribution in [3.05, 3.63) is 35.4 Å². The van der Waals surface area contributed by atoms with E-state index in [1.54, 1.807) is 12.1 Å². The highest BCUT2D eigenvalue weighted by molar-refractivity contribution is 6.21. The van der Waals surface area contributed by atoms with E-state index in [1.165, 1.54) is 153 Å². The normalized spacial score (nSPS) is 13.6. The van der Waals surface area contributed by atoms with Crippen molar-refractivity contribution < 1.29 is 19.1 Å². The van der Waals surface area contributed by atoms with Gasteiger partial charge in [0.15, 0.2) is 0 Å². The third kappa shape index (κ3) is 18.6. The van der Waals surface area contributed by atoms with Gasteiger partial charge in [0.1, 0.15) is 0 Å². The lowest BCUT2D eigenvalue weighted by Gasteiger charge is -2.23. The SMILES string of the molecule is CCCCCCCCCCCCCCCCOC(COCCCCCCCCCCCCCC)CN1C(=O)c2ccccc2C1=O. The molecule has 1 atom stereocenters. The van der Waals surface area contributed by atoms with E-state index in [9.17, 15) is 9.59 Å². The minimum absolute atomic E-state index is 0.216. The molecule has 0 aliphatic carbocycles. The topological polar surface area (TPSA) is 55.8 Å². The zero-order valence-electron chi connectivity index (χ0n) is 30.2. The first-order valence-electron chi connectivity index (χ1n) is 19.8. The van der Waals surface area contributed by atoms with Gasteiger partial charge in [-0.25, -0.2) is 0 Å². The molecule has 5 nitrogen and oxygen atoms in total. The van der Waals surface area contributed by atoms with Crippen LogP contribution in [0.3, 0.4) is 0 Å². The first kappa shape index (κ1) is 40.5. The highest BCUT2D eigenvalue weighted by atomic mass is 16.5. The number of hydrogen-bond acceptors (Lipinski definition) is 4.